The molecular formula is C15H9BrINS. The predicted octanol–water partition coefficient (Wildman–Crippen LogP) is 5.84. The van der Waals surface area contributed by atoms with Crippen molar-refractivity contribution < 1.29 is 0 Å². The van der Waals surface area contributed by atoms with Crippen molar-refractivity contribution >= 4 is 49.9 Å². The van der Waals surface area contributed by atoms with Gasteiger partial charge < -0.3 is 0 Å². The van der Waals surface area contributed by atoms with E-state index in [1.54, 1.807) is 11.3 Å². The molecule has 4 heteroatoms. The molecule has 0 radical (unpaired) electrons. The first-order valence-electron chi connectivity index (χ1n) is 5.70. The van der Waals surface area contributed by atoms with Gasteiger partial charge in [0.1, 0.15) is 5.01 Å². The van der Waals surface area contributed by atoms with Gasteiger partial charge in [0.15, 0.2) is 0 Å². The van der Waals surface area contributed by atoms with Crippen LogP contribution in [-0.4, -0.2) is 4.98 Å². The Hall–Kier alpha value is -0.720. The average Bonchev–Trinajstić information content (AvgIpc) is 2.89. The maximum atomic E-state index is 4.73. The Morgan fingerprint density at radius 1 is 1.00 bits per heavy atom. The first-order valence-corrected chi connectivity index (χ1v) is 8.45. The summed E-state index contributed by atoms with van der Waals surface area (Å²) in [6.45, 7) is 0. The Bertz CT molecular complexity index is 706. The maximum Gasteiger partial charge on any atom is 0.125 e. The molecule has 0 saturated heterocycles. The number of hydrogen-bond acceptors (Lipinski definition) is 2. The summed E-state index contributed by atoms with van der Waals surface area (Å²) in [5, 5.41) is 3.15. The number of hydrogen-bond donors (Lipinski definition) is 0. The average molecular weight is 442 g/mol. The van der Waals surface area contributed by atoms with Crippen LogP contribution in [0.15, 0.2) is 58.4 Å². The minimum Gasteiger partial charge on any atom is -0.236 e. The Labute approximate surface area is 138 Å². The molecule has 2 aromatic carbocycles. The van der Waals surface area contributed by atoms with E-state index in [1.165, 1.54) is 3.57 Å². The van der Waals surface area contributed by atoms with Crippen molar-refractivity contribution in [2.45, 2.75) is 0 Å². The van der Waals surface area contributed by atoms with E-state index < -0.39 is 0 Å². The highest BCUT2D eigenvalue weighted by molar-refractivity contribution is 14.1. The standard InChI is InChI=1S/C15H9BrINS/c16-13-4-2-1-3-12(13)15-18-14(9-19-15)10-5-7-11(17)8-6-10/h1-9H. The van der Waals surface area contributed by atoms with Gasteiger partial charge >= 0.3 is 0 Å². The van der Waals surface area contributed by atoms with Crippen molar-refractivity contribution in [3.63, 3.8) is 0 Å². The van der Waals surface area contributed by atoms with Gasteiger partial charge in [0, 0.05) is 24.5 Å². The van der Waals surface area contributed by atoms with Crippen molar-refractivity contribution in [1.82, 2.24) is 4.98 Å². The molecule has 0 amide bonds. The lowest BCUT2D eigenvalue weighted by atomic mass is 10.2. The van der Waals surface area contributed by atoms with Crippen molar-refractivity contribution in [3.8, 4) is 21.8 Å². The van der Waals surface area contributed by atoms with Crippen LogP contribution in [0.3, 0.4) is 0 Å². The molecule has 0 aliphatic heterocycles. The molecule has 0 N–H and O–H groups in total. The molecule has 0 unspecified atom stereocenters. The molecule has 94 valence electrons. The number of benzene rings is 2. The number of rotatable bonds is 2. The molecule has 0 atom stereocenters. The lowest BCUT2D eigenvalue weighted by Crippen LogP contribution is -1.81. The highest BCUT2D eigenvalue weighted by atomic mass is 127. The van der Waals surface area contributed by atoms with Gasteiger partial charge in [-0.05, 0) is 40.8 Å². The van der Waals surface area contributed by atoms with Gasteiger partial charge in [-0.2, -0.15) is 0 Å². The second-order valence-corrected chi connectivity index (χ2v) is 6.98. The highest BCUT2D eigenvalue weighted by Gasteiger charge is 2.08. The second-order valence-electron chi connectivity index (χ2n) is 4.02. The molecule has 0 spiro atoms. The topological polar surface area (TPSA) is 12.9 Å². The van der Waals surface area contributed by atoms with Crippen LogP contribution < -0.4 is 0 Å². The number of nitrogens with zero attached hydrogens (tertiary/aromatic N) is 1. The highest BCUT2D eigenvalue weighted by Crippen LogP contribution is 2.33. The van der Waals surface area contributed by atoms with E-state index in [1.807, 2.05) is 18.2 Å². The monoisotopic (exact) mass is 441 g/mol. The van der Waals surface area contributed by atoms with Crippen LogP contribution in [0.2, 0.25) is 0 Å². The summed E-state index contributed by atoms with van der Waals surface area (Å²) >= 11 is 7.56. The van der Waals surface area contributed by atoms with Crippen molar-refractivity contribution in [3.05, 3.63) is 62.0 Å². The molecule has 0 bridgehead atoms. The van der Waals surface area contributed by atoms with Crippen LogP contribution >= 0.6 is 49.9 Å². The zero-order valence-electron chi connectivity index (χ0n) is 9.81. The zero-order chi connectivity index (χ0) is 13.2. The molecule has 1 nitrogen and oxygen atoms in total. The number of thiazole rings is 1. The van der Waals surface area contributed by atoms with Gasteiger partial charge in [-0.1, -0.05) is 46.3 Å². The lowest BCUT2D eigenvalue weighted by Gasteiger charge is -1.99. The molecule has 1 heterocycles. The summed E-state index contributed by atoms with van der Waals surface area (Å²) in [7, 11) is 0. The van der Waals surface area contributed by atoms with Crippen LogP contribution in [0.5, 0.6) is 0 Å². The van der Waals surface area contributed by atoms with E-state index in [2.05, 4.69) is 74.2 Å². The van der Waals surface area contributed by atoms with Crippen LogP contribution in [0.25, 0.3) is 21.8 Å². The Kier molecular flexibility index (Phi) is 4.00. The largest absolute Gasteiger partial charge is 0.236 e. The van der Waals surface area contributed by atoms with Gasteiger partial charge in [0.05, 0.1) is 5.69 Å². The molecule has 0 fully saturated rings. The van der Waals surface area contributed by atoms with Crippen molar-refractivity contribution in [2.75, 3.05) is 0 Å². The fourth-order valence-electron chi connectivity index (χ4n) is 1.79. The van der Waals surface area contributed by atoms with E-state index in [0.717, 1.165) is 26.3 Å². The van der Waals surface area contributed by atoms with Crippen LogP contribution in [0.4, 0.5) is 0 Å². The lowest BCUT2D eigenvalue weighted by molar-refractivity contribution is 1.39. The third kappa shape index (κ3) is 2.90. The maximum absolute atomic E-state index is 4.73. The zero-order valence-corrected chi connectivity index (χ0v) is 14.4. The predicted molar refractivity (Wildman–Crippen MR) is 93.4 cm³/mol. The van der Waals surface area contributed by atoms with Gasteiger partial charge in [0.25, 0.3) is 0 Å². The molecular weight excluding hydrogens is 433 g/mol. The first-order chi connectivity index (χ1) is 9.24. The summed E-state index contributed by atoms with van der Waals surface area (Å²) in [6, 6.07) is 16.6. The molecule has 1 aromatic heterocycles. The summed E-state index contributed by atoms with van der Waals surface area (Å²) in [5.74, 6) is 0. The van der Waals surface area contributed by atoms with Crippen LogP contribution in [-0.2, 0) is 0 Å². The minimum absolute atomic E-state index is 1.03. The van der Waals surface area contributed by atoms with Gasteiger partial charge in [-0.15, -0.1) is 11.3 Å². The van der Waals surface area contributed by atoms with Crippen LogP contribution in [0, 0.1) is 3.57 Å². The fourth-order valence-corrected chi connectivity index (χ4v) is 3.62. The normalized spacial score (nSPS) is 10.6. The third-order valence-corrected chi connectivity index (χ3v) is 5.03. The first kappa shape index (κ1) is 13.3. The third-order valence-electron chi connectivity index (χ3n) is 2.75. The summed E-state index contributed by atoms with van der Waals surface area (Å²) in [4.78, 5) is 4.73. The summed E-state index contributed by atoms with van der Waals surface area (Å²) in [5.41, 5.74) is 3.34. The Balaban J connectivity index is 2.00. The molecule has 0 aliphatic carbocycles. The minimum atomic E-state index is 1.03. The molecule has 3 aromatic rings. The molecule has 0 aliphatic rings. The SMILES string of the molecule is Brc1ccccc1-c1nc(-c2ccc(I)cc2)cs1. The van der Waals surface area contributed by atoms with Gasteiger partial charge in [-0.3, -0.25) is 0 Å². The Morgan fingerprint density at radius 3 is 2.47 bits per heavy atom. The summed E-state index contributed by atoms with van der Waals surface area (Å²) in [6.07, 6.45) is 0. The number of aromatic nitrogens is 1. The molecule has 3 rings (SSSR count). The quantitative estimate of drug-likeness (QED) is 0.455. The van der Waals surface area contributed by atoms with E-state index in [9.17, 15) is 0 Å². The van der Waals surface area contributed by atoms with Crippen molar-refractivity contribution in [2.24, 2.45) is 0 Å². The second kappa shape index (κ2) is 5.73. The van der Waals surface area contributed by atoms with Crippen molar-refractivity contribution in [1.29, 1.82) is 0 Å². The van der Waals surface area contributed by atoms with E-state index in [-0.39, 0.29) is 0 Å². The van der Waals surface area contributed by atoms with E-state index in [4.69, 9.17) is 4.98 Å². The van der Waals surface area contributed by atoms with Gasteiger partial charge in [0.2, 0.25) is 0 Å². The molecule has 0 saturated carbocycles. The van der Waals surface area contributed by atoms with Crippen LogP contribution in [0.1, 0.15) is 0 Å². The van der Waals surface area contributed by atoms with E-state index >= 15 is 0 Å². The number of halogens is 2. The fraction of sp³-hybridized carbons (Fsp3) is 0. The van der Waals surface area contributed by atoms with E-state index in [0.29, 0.717) is 0 Å². The Morgan fingerprint density at radius 2 is 1.74 bits per heavy atom. The smallest absolute Gasteiger partial charge is 0.125 e. The van der Waals surface area contributed by atoms with Gasteiger partial charge in [-0.25, -0.2) is 4.98 Å². The summed E-state index contributed by atoms with van der Waals surface area (Å²) < 4.78 is 2.32. The molecule has 19 heavy (non-hydrogen) atoms.